The van der Waals surface area contributed by atoms with Gasteiger partial charge in [-0.3, -0.25) is 14.9 Å². The molecule has 1 heterocycles. The summed E-state index contributed by atoms with van der Waals surface area (Å²) in [5, 5.41) is 22.8. The highest BCUT2D eigenvalue weighted by molar-refractivity contribution is 5.97. The second kappa shape index (κ2) is 6.06. The fourth-order valence-corrected chi connectivity index (χ4v) is 2.32. The van der Waals surface area contributed by atoms with Gasteiger partial charge in [-0.1, -0.05) is 0 Å². The lowest BCUT2D eigenvalue weighted by Gasteiger charge is -2.34. The van der Waals surface area contributed by atoms with E-state index < -0.39 is 10.3 Å². The Balaban J connectivity index is 2.24. The quantitative estimate of drug-likeness (QED) is 0.432. The molecule has 0 saturated carbocycles. The molecule has 21 heavy (non-hydrogen) atoms. The first-order valence-corrected chi connectivity index (χ1v) is 6.55. The number of nitrogens with zero attached hydrogens (tertiary/aromatic N) is 1. The minimum absolute atomic E-state index is 0.0436. The third kappa shape index (κ3) is 3.11. The van der Waals surface area contributed by atoms with Gasteiger partial charge in [-0.15, -0.1) is 0 Å². The van der Waals surface area contributed by atoms with Crippen molar-refractivity contribution in [3.05, 3.63) is 28.3 Å². The lowest BCUT2D eigenvalue weighted by atomic mass is 9.79. The van der Waals surface area contributed by atoms with Crippen LogP contribution in [0, 0.1) is 15.5 Å². The number of nitro benzene ring substituents is 1. The van der Waals surface area contributed by atoms with Gasteiger partial charge in [0.05, 0.1) is 16.4 Å². The van der Waals surface area contributed by atoms with E-state index in [1.807, 2.05) is 0 Å². The average Bonchev–Trinajstić information content (AvgIpc) is 2.49. The van der Waals surface area contributed by atoms with E-state index >= 15 is 0 Å². The lowest BCUT2D eigenvalue weighted by Crippen LogP contribution is -2.46. The molecular weight excluding hydrogens is 278 g/mol. The molecule has 0 aromatic heterocycles. The molecule has 1 fully saturated rings. The molecule has 1 aliphatic rings. The number of anilines is 1. The van der Waals surface area contributed by atoms with E-state index in [0.29, 0.717) is 26.1 Å². The number of ether oxygens (including phenoxy) is 1. The Bertz CT molecular complexity index is 555. The molecule has 1 saturated heterocycles. The largest absolute Gasteiger partial charge is 0.508 e. The highest BCUT2D eigenvalue weighted by Crippen LogP contribution is 2.34. The van der Waals surface area contributed by atoms with Gasteiger partial charge in [0.2, 0.25) is 5.91 Å². The first-order chi connectivity index (χ1) is 9.98. The maximum atomic E-state index is 12.4. The number of nitrogens with two attached hydrogens (primary N) is 1. The molecule has 1 aliphatic heterocycles. The van der Waals surface area contributed by atoms with E-state index in [9.17, 15) is 20.0 Å². The molecule has 1 aromatic rings. The third-order valence-corrected chi connectivity index (χ3v) is 3.75. The highest BCUT2D eigenvalue weighted by Gasteiger charge is 2.39. The van der Waals surface area contributed by atoms with Crippen molar-refractivity contribution in [2.75, 3.05) is 25.1 Å². The van der Waals surface area contributed by atoms with Gasteiger partial charge < -0.3 is 20.9 Å². The highest BCUT2D eigenvalue weighted by atomic mass is 16.6. The van der Waals surface area contributed by atoms with Gasteiger partial charge >= 0.3 is 0 Å². The first-order valence-electron chi connectivity index (χ1n) is 6.55. The number of carbonyl (C=O) groups is 1. The van der Waals surface area contributed by atoms with Crippen LogP contribution in [0.1, 0.15) is 12.8 Å². The number of hydrogen-bond donors (Lipinski definition) is 3. The van der Waals surface area contributed by atoms with Crippen molar-refractivity contribution in [3.8, 4) is 5.75 Å². The molecule has 0 radical (unpaired) electrons. The zero-order valence-corrected chi connectivity index (χ0v) is 11.4. The summed E-state index contributed by atoms with van der Waals surface area (Å²) in [4.78, 5) is 22.8. The monoisotopic (exact) mass is 295 g/mol. The zero-order valence-electron chi connectivity index (χ0n) is 11.4. The number of rotatable bonds is 4. The summed E-state index contributed by atoms with van der Waals surface area (Å²) in [5.41, 5.74) is 4.64. The van der Waals surface area contributed by atoms with E-state index in [0.717, 1.165) is 6.07 Å². The van der Waals surface area contributed by atoms with Crippen LogP contribution in [0.25, 0.3) is 0 Å². The van der Waals surface area contributed by atoms with Crippen molar-refractivity contribution in [1.82, 2.24) is 0 Å². The first kappa shape index (κ1) is 15.2. The van der Waals surface area contributed by atoms with E-state index in [4.69, 9.17) is 10.5 Å². The molecule has 1 aromatic carbocycles. The van der Waals surface area contributed by atoms with Crippen LogP contribution in [0.3, 0.4) is 0 Å². The second-order valence-electron chi connectivity index (χ2n) is 5.01. The number of benzene rings is 1. The number of phenolic OH excluding ortho intramolecular Hbond substituents is 1. The van der Waals surface area contributed by atoms with Gasteiger partial charge in [0.1, 0.15) is 11.4 Å². The normalized spacial score (nSPS) is 17.2. The molecule has 0 bridgehead atoms. The number of nitrogens with one attached hydrogen (secondary N) is 1. The molecule has 0 unspecified atom stereocenters. The molecule has 2 rings (SSSR count). The molecule has 1 amide bonds. The van der Waals surface area contributed by atoms with Crippen LogP contribution in [0.2, 0.25) is 0 Å². The van der Waals surface area contributed by atoms with Crippen molar-refractivity contribution < 1.29 is 19.6 Å². The molecule has 114 valence electrons. The summed E-state index contributed by atoms with van der Waals surface area (Å²) in [5.74, 6) is -0.596. The van der Waals surface area contributed by atoms with Gasteiger partial charge in [0.25, 0.3) is 5.69 Å². The smallest absolute Gasteiger partial charge is 0.296 e. The molecular formula is C13H17N3O5. The van der Waals surface area contributed by atoms with Gasteiger partial charge in [-0.25, -0.2) is 0 Å². The Morgan fingerprint density at radius 3 is 2.71 bits per heavy atom. The standard InChI is InChI=1S/C13H17N3O5/c14-8-13(3-5-21-6-4-13)12(18)15-10-2-1-9(17)7-11(10)16(19)20/h1-2,7,17H,3-6,8,14H2,(H,15,18). The third-order valence-electron chi connectivity index (χ3n) is 3.75. The number of carbonyl (C=O) groups excluding carboxylic acids is 1. The van der Waals surface area contributed by atoms with Crippen molar-refractivity contribution in [2.24, 2.45) is 11.1 Å². The number of aromatic hydroxyl groups is 1. The second-order valence-corrected chi connectivity index (χ2v) is 5.01. The van der Waals surface area contributed by atoms with Crippen LogP contribution in [0.15, 0.2) is 18.2 Å². The maximum absolute atomic E-state index is 12.4. The van der Waals surface area contributed by atoms with E-state index in [-0.39, 0.29) is 29.6 Å². The topological polar surface area (TPSA) is 128 Å². The summed E-state index contributed by atoms with van der Waals surface area (Å²) >= 11 is 0. The van der Waals surface area contributed by atoms with Crippen LogP contribution in [0.4, 0.5) is 11.4 Å². The Labute approximate surface area is 121 Å². The summed E-state index contributed by atoms with van der Waals surface area (Å²) < 4.78 is 5.23. The van der Waals surface area contributed by atoms with Crippen LogP contribution in [-0.4, -0.2) is 35.7 Å². The van der Waals surface area contributed by atoms with Gasteiger partial charge in [0, 0.05) is 19.8 Å². The molecule has 8 nitrogen and oxygen atoms in total. The van der Waals surface area contributed by atoms with Crippen LogP contribution in [0.5, 0.6) is 5.75 Å². The summed E-state index contributed by atoms with van der Waals surface area (Å²) in [6, 6.07) is 3.57. The van der Waals surface area contributed by atoms with Gasteiger partial charge in [-0.05, 0) is 25.0 Å². The van der Waals surface area contributed by atoms with Crippen LogP contribution >= 0.6 is 0 Å². The summed E-state index contributed by atoms with van der Waals surface area (Å²) in [7, 11) is 0. The molecule has 0 aliphatic carbocycles. The van der Waals surface area contributed by atoms with Crippen LogP contribution < -0.4 is 11.1 Å². The van der Waals surface area contributed by atoms with Crippen molar-refractivity contribution >= 4 is 17.3 Å². The number of phenols is 1. The van der Waals surface area contributed by atoms with Crippen molar-refractivity contribution in [1.29, 1.82) is 0 Å². The molecule has 0 spiro atoms. The van der Waals surface area contributed by atoms with E-state index in [1.165, 1.54) is 12.1 Å². The average molecular weight is 295 g/mol. The summed E-state index contributed by atoms with van der Waals surface area (Å²) in [6.45, 7) is 1.01. The predicted octanol–water partition coefficient (Wildman–Crippen LogP) is 0.994. The van der Waals surface area contributed by atoms with Crippen molar-refractivity contribution in [3.63, 3.8) is 0 Å². The molecule has 8 heteroatoms. The molecule has 4 N–H and O–H groups in total. The Morgan fingerprint density at radius 1 is 1.48 bits per heavy atom. The lowest BCUT2D eigenvalue weighted by molar-refractivity contribution is -0.384. The minimum atomic E-state index is -0.774. The summed E-state index contributed by atoms with van der Waals surface area (Å²) in [6.07, 6.45) is 0.947. The van der Waals surface area contributed by atoms with Crippen LogP contribution in [-0.2, 0) is 9.53 Å². The van der Waals surface area contributed by atoms with Gasteiger partial charge in [-0.2, -0.15) is 0 Å². The maximum Gasteiger partial charge on any atom is 0.296 e. The number of nitro groups is 1. The van der Waals surface area contributed by atoms with E-state index in [2.05, 4.69) is 5.32 Å². The SMILES string of the molecule is NCC1(C(=O)Nc2ccc(O)cc2[N+](=O)[O-])CCOCC1. The van der Waals surface area contributed by atoms with E-state index in [1.54, 1.807) is 0 Å². The Morgan fingerprint density at radius 2 is 2.14 bits per heavy atom. The Kier molecular flexibility index (Phi) is 4.39. The number of hydrogen-bond acceptors (Lipinski definition) is 6. The number of amides is 1. The predicted molar refractivity (Wildman–Crippen MR) is 74.9 cm³/mol. The van der Waals surface area contributed by atoms with Gasteiger partial charge in [0.15, 0.2) is 0 Å². The fourth-order valence-electron chi connectivity index (χ4n) is 2.32. The zero-order chi connectivity index (χ0) is 15.5. The van der Waals surface area contributed by atoms with Crippen molar-refractivity contribution in [2.45, 2.75) is 12.8 Å². The Hall–Kier alpha value is -2.19. The fraction of sp³-hybridized carbons (Fsp3) is 0.462. The minimum Gasteiger partial charge on any atom is -0.508 e. The molecule has 0 atom stereocenters.